The van der Waals surface area contributed by atoms with Crippen LogP contribution in [0.15, 0.2) is 18.2 Å². The number of nitrogens with zero attached hydrogens (tertiary/aromatic N) is 2. The molecule has 2 fully saturated rings. The molecule has 0 spiro atoms. The number of carbonyl (C=O) groups is 1. The average molecular weight is 425 g/mol. The van der Waals surface area contributed by atoms with Gasteiger partial charge in [0.05, 0.1) is 7.11 Å². The van der Waals surface area contributed by atoms with E-state index in [2.05, 4.69) is 4.90 Å². The van der Waals surface area contributed by atoms with Crippen LogP contribution in [-0.4, -0.2) is 55.0 Å². The highest BCUT2D eigenvalue weighted by molar-refractivity contribution is 6.30. The standard InChI is InChI=1S/C18H26ClN3O2.2ClH/c1-24-17-5-3-15(19)10-14(17)12-21-6-8-22(9-7-21)18(23)13-2-4-16(20)11-13;;/h3,5,10,13,16H,2,4,6-9,11-12,20H2,1H3;2*1H. The summed E-state index contributed by atoms with van der Waals surface area (Å²) in [6, 6.07) is 5.90. The van der Waals surface area contributed by atoms with Crippen LogP contribution in [0, 0.1) is 5.92 Å². The molecular weight excluding hydrogens is 397 g/mol. The summed E-state index contributed by atoms with van der Waals surface area (Å²) in [4.78, 5) is 16.9. The fraction of sp³-hybridized carbons (Fsp3) is 0.611. The Balaban J connectivity index is 0.00000169. The van der Waals surface area contributed by atoms with E-state index in [0.29, 0.717) is 5.91 Å². The Kier molecular flexibility index (Phi) is 9.48. The molecule has 1 aromatic rings. The SMILES string of the molecule is COc1ccc(Cl)cc1CN1CCN(C(=O)C2CCC(N)C2)CC1.Cl.Cl. The summed E-state index contributed by atoms with van der Waals surface area (Å²) in [5.41, 5.74) is 7.03. The van der Waals surface area contributed by atoms with Crippen molar-refractivity contribution in [2.45, 2.75) is 31.8 Å². The summed E-state index contributed by atoms with van der Waals surface area (Å²) in [6.45, 7) is 4.11. The number of ether oxygens (including phenoxy) is 1. The predicted molar refractivity (Wildman–Crippen MR) is 110 cm³/mol. The molecule has 1 heterocycles. The van der Waals surface area contributed by atoms with Crippen molar-refractivity contribution in [3.8, 4) is 5.75 Å². The van der Waals surface area contributed by atoms with Crippen molar-refractivity contribution >= 4 is 42.3 Å². The van der Waals surface area contributed by atoms with E-state index in [-0.39, 0.29) is 36.8 Å². The number of benzene rings is 1. The Morgan fingerprint density at radius 3 is 2.50 bits per heavy atom. The van der Waals surface area contributed by atoms with E-state index in [4.69, 9.17) is 22.1 Å². The smallest absolute Gasteiger partial charge is 0.225 e. The third kappa shape index (κ3) is 5.64. The number of hydrogen-bond acceptors (Lipinski definition) is 4. The molecule has 0 bridgehead atoms. The largest absolute Gasteiger partial charge is 0.496 e. The van der Waals surface area contributed by atoms with E-state index in [0.717, 1.165) is 68.3 Å². The van der Waals surface area contributed by atoms with Crippen LogP contribution < -0.4 is 10.5 Å². The fourth-order valence-corrected chi connectivity index (χ4v) is 3.93. The van der Waals surface area contributed by atoms with Crippen LogP contribution in [0.4, 0.5) is 0 Å². The molecule has 8 heteroatoms. The second-order valence-electron chi connectivity index (χ2n) is 6.83. The Bertz CT molecular complexity index is 595. The number of rotatable bonds is 4. The first kappa shape index (κ1) is 23.3. The fourth-order valence-electron chi connectivity index (χ4n) is 3.74. The van der Waals surface area contributed by atoms with E-state index in [1.54, 1.807) is 7.11 Å². The zero-order valence-corrected chi connectivity index (χ0v) is 17.4. The number of hydrogen-bond donors (Lipinski definition) is 1. The Hall–Kier alpha value is -0.720. The van der Waals surface area contributed by atoms with E-state index >= 15 is 0 Å². The van der Waals surface area contributed by atoms with Gasteiger partial charge < -0.3 is 15.4 Å². The van der Waals surface area contributed by atoms with Gasteiger partial charge in [0.15, 0.2) is 0 Å². The minimum atomic E-state index is 0. The summed E-state index contributed by atoms with van der Waals surface area (Å²) in [5, 5.41) is 0.720. The van der Waals surface area contributed by atoms with Crippen molar-refractivity contribution in [3.05, 3.63) is 28.8 Å². The van der Waals surface area contributed by atoms with Crippen LogP contribution in [0.5, 0.6) is 5.75 Å². The molecule has 1 aliphatic heterocycles. The van der Waals surface area contributed by atoms with Crippen molar-refractivity contribution in [3.63, 3.8) is 0 Å². The molecule has 1 aliphatic carbocycles. The molecule has 2 N–H and O–H groups in total. The lowest BCUT2D eigenvalue weighted by Crippen LogP contribution is -2.49. The van der Waals surface area contributed by atoms with Crippen LogP contribution in [0.25, 0.3) is 0 Å². The Morgan fingerprint density at radius 1 is 1.23 bits per heavy atom. The first-order valence-electron chi connectivity index (χ1n) is 8.66. The highest BCUT2D eigenvalue weighted by atomic mass is 35.5. The molecule has 2 atom stereocenters. The maximum absolute atomic E-state index is 12.6. The van der Waals surface area contributed by atoms with Gasteiger partial charge in [-0.25, -0.2) is 0 Å². The summed E-state index contributed by atoms with van der Waals surface area (Å²) < 4.78 is 5.42. The van der Waals surface area contributed by atoms with Gasteiger partial charge >= 0.3 is 0 Å². The molecule has 0 radical (unpaired) electrons. The molecule has 2 unspecified atom stereocenters. The van der Waals surface area contributed by atoms with Crippen molar-refractivity contribution in [2.24, 2.45) is 11.7 Å². The zero-order chi connectivity index (χ0) is 17.1. The van der Waals surface area contributed by atoms with Gasteiger partial charge in [-0.1, -0.05) is 11.6 Å². The van der Waals surface area contributed by atoms with Crippen LogP contribution in [0.2, 0.25) is 5.02 Å². The van der Waals surface area contributed by atoms with Gasteiger partial charge in [0.25, 0.3) is 0 Å². The highest BCUT2D eigenvalue weighted by Gasteiger charge is 2.32. The van der Waals surface area contributed by atoms with Gasteiger partial charge in [-0.05, 0) is 37.5 Å². The molecule has 5 nitrogen and oxygen atoms in total. The number of methoxy groups -OCH3 is 1. The Labute approximate surface area is 173 Å². The number of carbonyl (C=O) groups excluding carboxylic acids is 1. The lowest BCUT2D eigenvalue weighted by Gasteiger charge is -2.36. The van der Waals surface area contributed by atoms with Crippen molar-refractivity contribution in [1.82, 2.24) is 9.80 Å². The quantitative estimate of drug-likeness (QED) is 0.807. The summed E-state index contributed by atoms with van der Waals surface area (Å²) >= 11 is 6.10. The van der Waals surface area contributed by atoms with Crippen LogP contribution in [0.3, 0.4) is 0 Å². The first-order chi connectivity index (χ1) is 11.6. The van der Waals surface area contributed by atoms with Crippen LogP contribution in [0.1, 0.15) is 24.8 Å². The van der Waals surface area contributed by atoms with Gasteiger partial charge in [0, 0.05) is 55.3 Å². The second-order valence-corrected chi connectivity index (χ2v) is 7.26. The molecule has 3 rings (SSSR count). The van der Waals surface area contributed by atoms with Crippen LogP contribution in [-0.2, 0) is 11.3 Å². The summed E-state index contributed by atoms with van der Waals surface area (Å²) in [7, 11) is 1.68. The van der Waals surface area contributed by atoms with Crippen molar-refractivity contribution in [1.29, 1.82) is 0 Å². The lowest BCUT2D eigenvalue weighted by atomic mass is 10.1. The maximum atomic E-state index is 12.6. The number of amides is 1. The van der Waals surface area contributed by atoms with E-state index in [1.165, 1.54) is 0 Å². The van der Waals surface area contributed by atoms with Crippen molar-refractivity contribution < 1.29 is 9.53 Å². The second kappa shape index (κ2) is 10.6. The predicted octanol–water partition coefficient (Wildman–Crippen LogP) is 2.96. The van der Waals surface area contributed by atoms with Gasteiger partial charge in [0.2, 0.25) is 5.91 Å². The summed E-state index contributed by atoms with van der Waals surface area (Å²) in [5.74, 6) is 1.29. The third-order valence-corrected chi connectivity index (χ3v) is 5.38. The van der Waals surface area contributed by atoms with E-state index in [1.807, 2.05) is 23.1 Å². The topological polar surface area (TPSA) is 58.8 Å². The average Bonchev–Trinajstić information content (AvgIpc) is 3.02. The van der Waals surface area contributed by atoms with Crippen molar-refractivity contribution in [2.75, 3.05) is 33.3 Å². The minimum absolute atomic E-state index is 0. The Morgan fingerprint density at radius 2 is 1.92 bits per heavy atom. The summed E-state index contributed by atoms with van der Waals surface area (Å²) in [6.07, 6.45) is 2.77. The highest BCUT2D eigenvalue weighted by Crippen LogP contribution is 2.27. The number of nitrogens with two attached hydrogens (primary N) is 1. The van der Waals surface area contributed by atoms with Gasteiger partial charge in [0.1, 0.15) is 5.75 Å². The molecule has 1 amide bonds. The van der Waals surface area contributed by atoms with Gasteiger partial charge in [-0.2, -0.15) is 0 Å². The molecular formula is C18H28Cl3N3O2. The third-order valence-electron chi connectivity index (χ3n) is 5.14. The first-order valence-corrected chi connectivity index (χ1v) is 9.03. The lowest BCUT2D eigenvalue weighted by molar-refractivity contribution is -0.137. The van der Waals surface area contributed by atoms with Crippen LogP contribution >= 0.6 is 36.4 Å². The van der Waals surface area contributed by atoms with E-state index in [9.17, 15) is 4.79 Å². The normalized spacial score (nSPS) is 23.1. The molecule has 148 valence electrons. The zero-order valence-electron chi connectivity index (χ0n) is 15.0. The molecule has 1 saturated carbocycles. The molecule has 0 aromatic heterocycles. The molecule has 1 aromatic carbocycles. The molecule has 2 aliphatic rings. The van der Waals surface area contributed by atoms with Gasteiger partial charge in [-0.15, -0.1) is 24.8 Å². The van der Waals surface area contributed by atoms with E-state index < -0.39 is 0 Å². The number of piperazine rings is 1. The minimum Gasteiger partial charge on any atom is -0.496 e. The molecule has 1 saturated heterocycles. The molecule has 26 heavy (non-hydrogen) atoms. The number of halogens is 3. The maximum Gasteiger partial charge on any atom is 0.225 e. The van der Waals surface area contributed by atoms with Gasteiger partial charge in [-0.3, -0.25) is 9.69 Å². The monoisotopic (exact) mass is 423 g/mol.